The molecule has 8 heteroatoms. The Labute approximate surface area is 104 Å². The first-order chi connectivity index (χ1) is 8.19. The monoisotopic (exact) mass is 272 g/mol. The van der Waals surface area contributed by atoms with Crippen molar-refractivity contribution in [2.24, 2.45) is 0 Å². The van der Waals surface area contributed by atoms with E-state index in [0.717, 1.165) is 4.21 Å². The summed E-state index contributed by atoms with van der Waals surface area (Å²) in [5.74, 6) is -0.438. The molecule has 2 N–H and O–H groups in total. The molecule has 2 rings (SSSR count). The van der Waals surface area contributed by atoms with E-state index in [2.05, 4.69) is 15.4 Å². The van der Waals surface area contributed by atoms with Crippen molar-refractivity contribution >= 4 is 40.0 Å². The Morgan fingerprint density at radius 2 is 2.41 bits per heavy atom. The first kappa shape index (κ1) is 12.1. The first-order valence-corrected chi connectivity index (χ1v) is 6.87. The molecule has 0 spiro atoms. The van der Waals surface area contributed by atoms with Gasteiger partial charge in [-0.05, 0) is 13.2 Å². The van der Waals surface area contributed by atoms with E-state index in [1.807, 2.05) is 6.26 Å². The summed E-state index contributed by atoms with van der Waals surface area (Å²) in [6.45, 7) is 2.03. The number of hydrogen-bond acceptors (Lipinski definition) is 6. The minimum Gasteiger partial charge on any atom is -0.462 e. The molecule has 0 fully saturated rings. The third-order valence-corrected chi connectivity index (χ3v) is 4.36. The molecule has 0 aliphatic heterocycles. The predicted octanol–water partition coefficient (Wildman–Crippen LogP) is 0.697. The van der Waals surface area contributed by atoms with Crippen molar-refractivity contribution in [3.63, 3.8) is 0 Å². The van der Waals surface area contributed by atoms with Crippen molar-refractivity contribution in [3.05, 3.63) is 15.2 Å². The molecule has 0 saturated carbocycles. The molecule has 6 nitrogen and oxygen atoms in total. The predicted molar refractivity (Wildman–Crippen MR) is 64.5 cm³/mol. The number of fused-ring (bicyclic) bond motifs is 1. The molecule has 2 heterocycles. The largest absolute Gasteiger partial charge is 0.462 e. The Morgan fingerprint density at radius 1 is 1.65 bits per heavy atom. The van der Waals surface area contributed by atoms with Crippen LogP contribution in [0.2, 0.25) is 0 Å². The number of nitrogens with zero attached hydrogens (tertiary/aromatic N) is 1. The van der Waals surface area contributed by atoms with E-state index in [-0.39, 0.29) is 5.56 Å². The SMILES string of the molecule is CCOC(=O)c1sc(SC)c2c(=O)[nH]n[nH+]c12. The van der Waals surface area contributed by atoms with Crippen LogP contribution in [0.3, 0.4) is 0 Å². The van der Waals surface area contributed by atoms with Gasteiger partial charge in [-0.15, -0.1) is 33.3 Å². The van der Waals surface area contributed by atoms with Crippen LogP contribution < -0.4 is 10.7 Å². The van der Waals surface area contributed by atoms with Gasteiger partial charge in [0.1, 0.15) is 5.39 Å². The molecule has 0 radical (unpaired) electrons. The summed E-state index contributed by atoms with van der Waals surface area (Å²) in [6.07, 6.45) is 1.85. The quantitative estimate of drug-likeness (QED) is 0.656. The zero-order chi connectivity index (χ0) is 12.4. The van der Waals surface area contributed by atoms with E-state index in [9.17, 15) is 9.59 Å². The van der Waals surface area contributed by atoms with Crippen molar-refractivity contribution in [1.29, 1.82) is 0 Å². The maximum absolute atomic E-state index is 11.7. The van der Waals surface area contributed by atoms with E-state index in [4.69, 9.17) is 4.74 Å². The Balaban J connectivity index is 2.70. The fourth-order valence-electron chi connectivity index (χ4n) is 1.40. The molecule has 2 aromatic heterocycles. The molecule has 0 aliphatic rings. The Hall–Kier alpha value is -1.41. The summed E-state index contributed by atoms with van der Waals surface area (Å²) in [5, 5.41) is 9.01. The van der Waals surface area contributed by atoms with Gasteiger partial charge in [-0.2, -0.15) is 0 Å². The lowest BCUT2D eigenvalue weighted by molar-refractivity contribution is -0.434. The van der Waals surface area contributed by atoms with Crippen LogP contribution in [0.25, 0.3) is 10.9 Å². The summed E-state index contributed by atoms with van der Waals surface area (Å²) in [6, 6.07) is 0. The van der Waals surface area contributed by atoms with E-state index < -0.39 is 5.97 Å². The number of rotatable bonds is 3. The normalized spacial score (nSPS) is 10.7. The maximum atomic E-state index is 11.7. The Bertz CT molecular complexity index is 619. The first-order valence-electron chi connectivity index (χ1n) is 4.83. The third-order valence-electron chi connectivity index (χ3n) is 2.07. The van der Waals surface area contributed by atoms with Crippen molar-refractivity contribution in [3.8, 4) is 0 Å². The fraction of sp³-hybridized carbons (Fsp3) is 0.333. The fourth-order valence-corrected chi connectivity index (χ4v) is 3.25. The summed E-state index contributed by atoms with van der Waals surface area (Å²) >= 11 is 2.64. The summed E-state index contributed by atoms with van der Waals surface area (Å²) in [4.78, 5) is 23.8. The summed E-state index contributed by atoms with van der Waals surface area (Å²) in [7, 11) is 0. The van der Waals surface area contributed by atoms with Crippen LogP contribution in [0, 0.1) is 0 Å². The van der Waals surface area contributed by atoms with Gasteiger partial charge >= 0.3 is 11.5 Å². The Morgan fingerprint density at radius 3 is 3.06 bits per heavy atom. The lowest BCUT2D eigenvalue weighted by atomic mass is 10.3. The molecule has 0 saturated heterocycles. The van der Waals surface area contributed by atoms with Crippen LogP contribution in [0.1, 0.15) is 16.6 Å². The molecule has 0 atom stereocenters. The minimum absolute atomic E-state index is 0.295. The molecular formula is C9H10N3O3S2+. The number of carbonyl (C=O) groups is 1. The second-order valence-electron chi connectivity index (χ2n) is 3.06. The zero-order valence-corrected chi connectivity index (χ0v) is 10.8. The minimum atomic E-state index is -0.438. The molecule has 0 unspecified atom stereocenters. The molecule has 2 aromatic rings. The maximum Gasteiger partial charge on any atom is 0.365 e. The van der Waals surface area contributed by atoms with Crippen molar-refractivity contribution < 1.29 is 14.6 Å². The number of carbonyl (C=O) groups excluding carboxylic acids is 1. The van der Waals surface area contributed by atoms with Gasteiger partial charge in [0, 0.05) is 0 Å². The highest BCUT2D eigenvalue weighted by Gasteiger charge is 2.24. The second-order valence-corrected chi connectivity index (χ2v) is 5.15. The zero-order valence-electron chi connectivity index (χ0n) is 9.20. The number of thiophene rings is 1. The van der Waals surface area contributed by atoms with Crippen molar-refractivity contribution in [2.45, 2.75) is 11.1 Å². The lowest BCUT2D eigenvalue weighted by Gasteiger charge is -1.96. The number of aromatic amines is 2. The summed E-state index contributed by atoms with van der Waals surface area (Å²) in [5.41, 5.74) is 0.122. The number of hydrogen-bond donors (Lipinski definition) is 1. The average molecular weight is 272 g/mol. The highest BCUT2D eigenvalue weighted by atomic mass is 32.2. The topological polar surface area (TPSA) is 86.2 Å². The molecule has 0 aromatic carbocycles. The number of thioether (sulfide) groups is 1. The van der Waals surface area contributed by atoms with Crippen LogP contribution in [0.4, 0.5) is 0 Å². The molecular weight excluding hydrogens is 262 g/mol. The van der Waals surface area contributed by atoms with Gasteiger partial charge in [-0.3, -0.25) is 0 Å². The van der Waals surface area contributed by atoms with Crippen LogP contribution in [-0.2, 0) is 4.74 Å². The van der Waals surface area contributed by atoms with Crippen LogP contribution in [0.5, 0.6) is 0 Å². The third kappa shape index (κ3) is 2.05. The number of aromatic nitrogens is 3. The number of nitrogens with one attached hydrogen (secondary N) is 2. The molecule has 0 amide bonds. The van der Waals surface area contributed by atoms with Gasteiger partial charge in [0.2, 0.25) is 0 Å². The summed E-state index contributed by atoms with van der Waals surface area (Å²) < 4.78 is 5.70. The average Bonchev–Trinajstić information content (AvgIpc) is 2.69. The molecule has 17 heavy (non-hydrogen) atoms. The second kappa shape index (κ2) is 4.84. The van der Waals surface area contributed by atoms with Crippen LogP contribution in [-0.4, -0.2) is 29.1 Å². The van der Waals surface area contributed by atoms with Crippen LogP contribution >= 0.6 is 23.1 Å². The smallest absolute Gasteiger partial charge is 0.365 e. The van der Waals surface area contributed by atoms with Gasteiger partial charge in [-0.25, -0.2) is 9.59 Å². The van der Waals surface area contributed by atoms with E-state index in [1.165, 1.54) is 23.1 Å². The number of ether oxygens (including phenoxy) is 1. The van der Waals surface area contributed by atoms with Gasteiger partial charge in [0.05, 0.1) is 16.0 Å². The highest BCUT2D eigenvalue weighted by molar-refractivity contribution is 8.00. The molecule has 0 aliphatic carbocycles. The van der Waals surface area contributed by atoms with Gasteiger partial charge < -0.3 is 4.74 Å². The molecule has 0 bridgehead atoms. The van der Waals surface area contributed by atoms with Gasteiger partial charge in [0.15, 0.2) is 10.4 Å². The van der Waals surface area contributed by atoms with Crippen molar-refractivity contribution in [2.75, 3.05) is 12.9 Å². The van der Waals surface area contributed by atoms with Gasteiger partial charge in [0.25, 0.3) is 0 Å². The van der Waals surface area contributed by atoms with E-state index >= 15 is 0 Å². The van der Waals surface area contributed by atoms with Crippen molar-refractivity contribution in [1.82, 2.24) is 10.3 Å². The van der Waals surface area contributed by atoms with Gasteiger partial charge in [-0.1, -0.05) is 0 Å². The standard InChI is InChI=1S/C9H9N3O3S2/c1-3-15-8(14)6-5-4(9(16-2)17-6)7(13)11-12-10-5/h3H2,1-2H3,(H,10,11,13)/p+1. The van der Waals surface area contributed by atoms with Crippen LogP contribution in [0.15, 0.2) is 9.00 Å². The highest BCUT2D eigenvalue weighted by Crippen LogP contribution is 2.33. The lowest BCUT2D eigenvalue weighted by Crippen LogP contribution is -2.22. The number of H-pyrrole nitrogens is 2. The van der Waals surface area contributed by atoms with E-state index in [0.29, 0.717) is 22.4 Å². The number of esters is 1. The Kier molecular flexibility index (Phi) is 3.43. The van der Waals surface area contributed by atoms with E-state index in [1.54, 1.807) is 6.92 Å². The molecule has 90 valence electrons.